The first-order valence-electron chi connectivity index (χ1n) is 10.2. The van der Waals surface area contributed by atoms with Crippen molar-refractivity contribution in [1.29, 1.82) is 0 Å². The van der Waals surface area contributed by atoms with Crippen molar-refractivity contribution in [2.24, 2.45) is 0 Å². The Morgan fingerprint density at radius 2 is 1.33 bits per heavy atom. The summed E-state index contributed by atoms with van der Waals surface area (Å²) in [5.41, 5.74) is 4.34. The number of benzene rings is 2. The number of hydrogen-bond acceptors (Lipinski definition) is 1. The molecular formula is C25H31NSi. The largest absolute Gasteiger partial charge is 0.301 e. The lowest BCUT2D eigenvalue weighted by atomic mass is 9.86. The van der Waals surface area contributed by atoms with Crippen molar-refractivity contribution in [3.8, 4) is 0 Å². The first kappa shape index (κ1) is 18.5. The summed E-state index contributed by atoms with van der Waals surface area (Å²) in [5.74, 6) is 0. The molecule has 1 atom stereocenters. The third-order valence-corrected chi connectivity index (χ3v) is 10.9. The molecule has 1 N–H and O–H groups in total. The number of rotatable bonds is 5. The van der Waals surface area contributed by atoms with Gasteiger partial charge in [-0.2, -0.15) is 0 Å². The molecule has 1 fully saturated rings. The van der Waals surface area contributed by atoms with Crippen molar-refractivity contribution in [2.75, 3.05) is 0 Å². The monoisotopic (exact) mass is 373 g/mol. The zero-order valence-electron chi connectivity index (χ0n) is 17.0. The van der Waals surface area contributed by atoms with Crippen LogP contribution in [0.3, 0.4) is 0 Å². The number of allylic oxidation sites excluding steroid dienone is 2. The van der Waals surface area contributed by atoms with Crippen molar-refractivity contribution in [1.82, 2.24) is 5.32 Å². The van der Waals surface area contributed by atoms with Crippen LogP contribution in [0, 0.1) is 0 Å². The fourth-order valence-electron chi connectivity index (χ4n) is 5.15. The summed E-state index contributed by atoms with van der Waals surface area (Å²) in [6.45, 7) is 9.21. The molecule has 2 aliphatic carbocycles. The maximum atomic E-state index is 4.24. The molecule has 0 spiro atoms. The molecule has 2 heteroatoms. The van der Waals surface area contributed by atoms with Gasteiger partial charge in [-0.15, -0.1) is 0 Å². The Labute approximate surface area is 165 Å². The SMILES string of the molecule is CC1=CC(C)(NC2([SiH](c3ccccc3)c3ccccc3)CCC2)C(C)=C1C. The Kier molecular flexibility index (Phi) is 4.73. The van der Waals surface area contributed by atoms with E-state index in [1.165, 1.54) is 36.0 Å². The van der Waals surface area contributed by atoms with E-state index in [9.17, 15) is 0 Å². The summed E-state index contributed by atoms with van der Waals surface area (Å²) in [7, 11) is -1.42. The van der Waals surface area contributed by atoms with Gasteiger partial charge in [0.05, 0.1) is 5.54 Å². The number of hydrogen-bond donors (Lipinski definition) is 1. The molecule has 0 saturated heterocycles. The van der Waals surface area contributed by atoms with Gasteiger partial charge in [-0.1, -0.05) is 89.1 Å². The highest BCUT2D eigenvalue weighted by molar-refractivity contribution is 6.87. The second kappa shape index (κ2) is 6.92. The van der Waals surface area contributed by atoms with Crippen molar-refractivity contribution in [3.63, 3.8) is 0 Å². The highest BCUT2D eigenvalue weighted by Crippen LogP contribution is 2.41. The van der Waals surface area contributed by atoms with Crippen LogP contribution in [0.25, 0.3) is 0 Å². The van der Waals surface area contributed by atoms with Crippen LogP contribution >= 0.6 is 0 Å². The lowest BCUT2D eigenvalue weighted by Crippen LogP contribution is -2.74. The fraction of sp³-hybridized carbons (Fsp3) is 0.360. The second-order valence-electron chi connectivity index (χ2n) is 8.67. The van der Waals surface area contributed by atoms with Gasteiger partial charge < -0.3 is 5.32 Å². The fourth-order valence-corrected chi connectivity index (χ4v) is 9.45. The van der Waals surface area contributed by atoms with Gasteiger partial charge in [0.1, 0.15) is 8.80 Å². The number of nitrogens with one attached hydrogen (secondary N) is 1. The predicted octanol–water partition coefficient (Wildman–Crippen LogP) is 4.13. The van der Waals surface area contributed by atoms with Gasteiger partial charge in [0.25, 0.3) is 0 Å². The highest BCUT2D eigenvalue weighted by Gasteiger charge is 2.50. The highest BCUT2D eigenvalue weighted by atomic mass is 28.3. The summed E-state index contributed by atoms with van der Waals surface area (Å²) < 4.78 is 0. The molecule has 0 aliphatic heterocycles. The smallest absolute Gasteiger partial charge is 0.124 e. The quantitative estimate of drug-likeness (QED) is 0.777. The molecule has 1 unspecified atom stereocenters. The summed E-state index contributed by atoms with van der Waals surface area (Å²) in [5, 5.41) is 7.58. The zero-order chi connectivity index (χ0) is 19.1. The van der Waals surface area contributed by atoms with E-state index in [0.717, 1.165) is 0 Å². The molecule has 1 nitrogen and oxygen atoms in total. The third kappa shape index (κ3) is 3.15. The minimum absolute atomic E-state index is 0.0244. The molecule has 2 aliphatic rings. The Hall–Kier alpha value is -1.90. The molecular weight excluding hydrogens is 342 g/mol. The summed E-state index contributed by atoms with van der Waals surface area (Å²) in [6, 6.07) is 22.6. The molecule has 0 radical (unpaired) electrons. The van der Waals surface area contributed by atoms with Crippen LogP contribution in [0.4, 0.5) is 0 Å². The van der Waals surface area contributed by atoms with Gasteiger partial charge in [-0.25, -0.2) is 0 Å². The van der Waals surface area contributed by atoms with E-state index in [1.807, 2.05) is 0 Å². The van der Waals surface area contributed by atoms with E-state index in [1.54, 1.807) is 10.4 Å². The normalized spacial score (nSPS) is 24.1. The standard InChI is InChI=1S/C25H31NSi/c1-19-18-24(4,21(3)20(19)2)26-25(16-11-17-25)27(22-12-7-5-8-13-22)23-14-9-6-10-15-23/h5-10,12-15,18,26-27H,11,16-17H2,1-4H3. The summed E-state index contributed by atoms with van der Waals surface area (Å²) in [4.78, 5) is 0. The molecule has 27 heavy (non-hydrogen) atoms. The Balaban J connectivity index is 1.79. The van der Waals surface area contributed by atoms with Gasteiger partial charge in [0.15, 0.2) is 0 Å². The Bertz CT molecular complexity index is 838. The van der Waals surface area contributed by atoms with Gasteiger partial charge in [0.2, 0.25) is 0 Å². The van der Waals surface area contributed by atoms with E-state index in [4.69, 9.17) is 0 Å². The van der Waals surface area contributed by atoms with Crippen molar-refractivity contribution in [2.45, 2.75) is 57.7 Å². The molecule has 2 aromatic carbocycles. The third-order valence-electron chi connectivity index (χ3n) is 7.01. The lowest BCUT2D eigenvalue weighted by molar-refractivity contribution is 0.242. The molecule has 4 rings (SSSR count). The molecule has 0 bridgehead atoms. The molecule has 2 aromatic rings. The van der Waals surface area contributed by atoms with E-state index in [0.29, 0.717) is 0 Å². The molecule has 0 heterocycles. The van der Waals surface area contributed by atoms with E-state index in [-0.39, 0.29) is 10.7 Å². The predicted molar refractivity (Wildman–Crippen MR) is 120 cm³/mol. The molecule has 1 saturated carbocycles. The zero-order valence-corrected chi connectivity index (χ0v) is 18.2. The summed E-state index contributed by atoms with van der Waals surface area (Å²) in [6.07, 6.45) is 6.35. The Morgan fingerprint density at radius 1 is 0.815 bits per heavy atom. The maximum Gasteiger partial charge on any atom is 0.124 e. The van der Waals surface area contributed by atoms with Crippen LogP contribution in [0.15, 0.2) is 83.5 Å². The topological polar surface area (TPSA) is 12.0 Å². The summed E-state index contributed by atoms with van der Waals surface area (Å²) >= 11 is 0. The molecule has 0 amide bonds. The van der Waals surface area contributed by atoms with Gasteiger partial charge in [0, 0.05) is 5.16 Å². The average molecular weight is 374 g/mol. The van der Waals surface area contributed by atoms with E-state index >= 15 is 0 Å². The first-order valence-corrected chi connectivity index (χ1v) is 12.0. The van der Waals surface area contributed by atoms with Crippen LogP contribution in [-0.2, 0) is 0 Å². The van der Waals surface area contributed by atoms with Gasteiger partial charge >= 0.3 is 0 Å². The van der Waals surface area contributed by atoms with Crippen molar-refractivity contribution in [3.05, 3.63) is 83.5 Å². The minimum Gasteiger partial charge on any atom is -0.301 e. The van der Waals surface area contributed by atoms with Gasteiger partial charge in [-0.3, -0.25) is 0 Å². The van der Waals surface area contributed by atoms with Crippen LogP contribution in [-0.4, -0.2) is 19.5 Å². The van der Waals surface area contributed by atoms with Crippen LogP contribution in [0.2, 0.25) is 0 Å². The minimum atomic E-state index is -1.42. The first-order chi connectivity index (χ1) is 13.0. The average Bonchev–Trinajstić information content (AvgIpc) is 2.84. The van der Waals surface area contributed by atoms with Crippen LogP contribution in [0.5, 0.6) is 0 Å². The molecule has 0 aromatic heterocycles. The molecule has 140 valence electrons. The van der Waals surface area contributed by atoms with Crippen molar-refractivity contribution < 1.29 is 0 Å². The van der Waals surface area contributed by atoms with Gasteiger partial charge in [-0.05, 0) is 51.7 Å². The van der Waals surface area contributed by atoms with E-state index in [2.05, 4.69) is 99.8 Å². The Morgan fingerprint density at radius 3 is 1.70 bits per heavy atom. The van der Waals surface area contributed by atoms with E-state index < -0.39 is 8.80 Å². The maximum absolute atomic E-state index is 4.24. The lowest BCUT2D eigenvalue weighted by Gasteiger charge is -2.52. The van der Waals surface area contributed by atoms with Crippen molar-refractivity contribution >= 4 is 19.2 Å². The van der Waals surface area contributed by atoms with Crippen LogP contribution in [0.1, 0.15) is 47.0 Å². The second-order valence-corrected chi connectivity index (χ2v) is 12.0. The van der Waals surface area contributed by atoms with Crippen LogP contribution < -0.4 is 15.7 Å².